The summed E-state index contributed by atoms with van der Waals surface area (Å²) in [6.45, 7) is 3.63. The zero-order valence-electron chi connectivity index (χ0n) is 22.3. The monoisotopic (exact) mass is 517 g/mol. The number of carbonyl (C=O) groups is 2. The molecule has 0 unspecified atom stereocenters. The Morgan fingerprint density at radius 1 is 1.05 bits per heavy atom. The highest BCUT2D eigenvalue weighted by molar-refractivity contribution is 6.04. The van der Waals surface area contributed by atoms with Crippen LogP contribution < -0.4 is 10.2 Å². The first-order valence-corrected chi connectivity index (χ1v) is 13.2. The van der Waals surface area contributed by atoms with Crippen LogP contribution in [-0.2, 0) is 16.1 Å². The standard InChI is InChI=1S/C31H36FN3O3/c1-4-28(22-10-6-5-7-11-22)31(37)35(21-27-14-9-17-38-27)20-24-19-26(15-16-29(24)34(2)3)33-30(36)23-12-8-13-25(32)18-23/h5-8,10-13,15-16,18-19,27-28H,4,9,14,17,20-21H2,1-3H3,(H,33,36)/t27-,28+/m1/s1. The Labute approximate surface area is 224 Å². The fraction of sp³-hybridized carbons (Fsp3) is 0.355. The molecule has 1 heterocycles. The average molecular weight is 518 g/mol. The van der Waals surface area contributed by atoms with Gasteiger partial charge in [0.05, 0.1) is 12.0 Å². The zero-order chi connectivity index (χ0) is 27.1. The maximum absolute atomic E-state index is 14.0. The van der Waals surface area contributed by atoms with Gasteiger partial charge in [-0.1, -0.05) is 43.3 Å². The van der Waals surface area contributed by atoms with Crippen LogP contribution in [-0.4, -0.2) is 50.1 Å². The number of nitrogens with zero attached hydrogens (tertiary/aromatic N) is 2. The Kier molecular flexibility index (Phi) is 9.13. The first-order chi connectivity index (χ1) is 18.4. The number of carbonyl (C=O) groups excluding carboxylic acids is 2. The van der Waals surface area contributed by atoms with E-state index in [1.165, 1.54) is 18.2 Å². The van der Waals surface area contributed by atoms with Crippen LogP contribution in [0.3, 0.4) is 0 Å². The van der Waals surface area contributed by atoms with Crippen molar-refractivity contribution in [2.24, 2.45) is 0 Å². The Bertz CT molecular complexity index is 1240. The summed E-state index contributed by atoms with van der Waals surface area (Å²) in [7, 11) is 3.91. The highest BCUT2D eigenvalue weighted by Crippen LogP contribution is 2.29. The number of halogens is 1. The molecule has 6 nitrogen and oxygen atoms in total. The third-order valence-corrected chi connectivity index (χ3v) is 6.94. The van der Waals surface area contributed by atoms with Gasteiger partial charge >= 0.3 is 0 Å². The first kappa shape index (κ1) is 27.3. The number of nitrogens with one attached hydrogen (secondary N) is 1. The molecule has 1 N–H and O–H groups in total. The number of hydrogen-bond donors (Lipinski definition) is 1. The van der Waals surface area contributed by atoms with Crippen LogP contribution in [0.5, 0.6) is 0 Å². The molecule has 1 saturated heterocycles. The zero-order valence-corrected chi connectivity index (χ0v) is 22.3. The van der Waals surface area contributed by atoms with Gasteiger partial charge < -0.3 is 19.9 Å². The SMILES string of the molecule is CC[C@H](C(=O)N(Cc1cc(NC(=O)c2cccc(F)c2)ccc1N(C)C)C[C@H]1CCCO1)c1ccccc1. The average Bonchev–Trinajstić information content (AvgIpc) is 3.42. The van der Waals surface area contributed by atoms with E-state index in [-0.39, 0.29) is 23.5 Å². The van der Waals surface area contributed by atoms with E-state index in [0.29, 0.717) is 31.8 Å². The molecule has 2 atom stereocenters. The molecule has 0 bridgehead atoms. The first-order valence-electron chi connectivity index (χ1n) is 13.2. The maximum Gasteiger partial charge on any atom is 0.255 e. The van der Waals surface area contributed by atoms with E-state index in [1.807, 2.05) is 79.3 Å². The molecular weight excluding hydrogens is 481 g/mol. The Hall–Kier alpha value is -3.71. The minimum Gasteiger partial charge on any atom is -0.377 e. The highest BCUT2D eigenvalue weighted by Gasteiger charge is 2.29. The maximum atomic E-state index is 14.0. The molecule has 4 rings (SSSR count). The van der Waals surface area contributed by atoms with Gasteiger partial charge in [-0.25, -0.2) is 4.39 Å². The normalized spacial score (nSPS) is 15.6. The van der Waals surface area contributed by atoms with Gasteiger partial charge in [0.15, 0.2) is 0 Å². The van der Waals surface area contributed by atoms with Crippen molar-refractivity contribution < 1.29 is 18.7 Å². The van der Waals surface area contributed by atoms with Crippen LogP contribution in [0.1, 0.15) is 53.6 Å². The minimum atomic E-state index is -0.464. The van der Waals surface area contributed by atoms with E-state index in [9.17, 15) is 14.0 Å². The minimum absolute atomic E-state index is 0.00546. The second-order valence-corrected chi connectivity index (χ2v) is 9.93. The van der Waals surface area contributed by atoms with E-state index in [4.69, 9.17) is 4.74 Å². The van der Waals surface area contributed by atoms with Crippen molar-refractivity contribution in [1.29, 1.82) is 0 Å². The number of ether oxygens (including phenoxy) is 1. The molecule has 0 saturated carbocycles. The predicted octanol–water partition coefficient (Wildman–Crippen LogP) is 5.85. The molecule has 38 heavy (non-hydrogen) atoms. The summed E-state index contributed by atoms with van der Waals surface area (Å²) in [5.74, 6) is -1.05. The summed E-state index contributed by atoms with van der Waals surface area (Å²) in [6.07, 6.45) is 2.62. The summed E-state index contributed by atoms with van der Waals surface area (Å²) in [5.41, 5.74) is 3.68. The second-order valence-electron chi connectivity index (χ2n) is 9.93. The van der Waals surface area contributed by atoms with Gasteiger partial charge in [0.1, 0.15) is 5.82 Å². The molecule has 0 spiro atoms. The van der Waals surface area contributed by atoms with Crippen LogP contribution in [0.25, 0.3) is 0 Å². The molecule has 2 amide bonds. The van der Waals surface area contributed by atoms with Crippen molar-refractivity contribution in [3.05, 3.63) is 95.3 Å². The fourth-order valence-electron chi connectivity index (χ4n) is 4.99. The molecule has 1 aliphatic heterocycles. The quantitative estimate of drug-likeness (QED) is 0.367. The summed E-state index contributed by atoms with van der Waals surface area (Å²) in [5, 5.41) is 2.88. The largest absolute Gasteiger partial charge is 0.377 e. The second kappa shape index (κ2) is 12.7. The number of anilines is 2. The predicted molar refractivity (Wildman–Crippen MR) is 149 cm³/mol. The van der Waals surface area contributed by atoms with Crippen molar-refractivity contribution in [3.8, 4) is 0 Å². The molecule has 0 radical (unpaired) electrons. The van der Waals surface area contributed by atoms with Crippen LogP contribution in [0.2, 0.25) is 0 Å². The van der Waals surface area contributed by atoms with Gasteiger partial charge in [0.2, 0.25) is 5.91 Å². The molecule has 1 fully saturated rings. The molecule has 0 aromatic heterocycles. The summed E-state index contributed by atoms with van der Waals surface area (Å²) < 4.78 is 19.6. The molecule has 3 aromatic rings. The van der Waals surface area contributed by atoms with Gasteiger partial charge in [-0.3, -0.25) is 9.59 Å². The van der Waals surface area contributed by atoms with Crippen LogP contribution >= 0.6 is 0 Å². The van der Waals surface area contributed by atoms with Gasteiger partial charge in [0, 0.05) is 50.7 Å². The fourth-order valence-corrected chi connectivity index (χ4v) is 4.99. The van der Waals surface area contributed by atoms with Crippen molar-refractivity contribution >= 4 is 23.2 Å². The van der Waals surface area contributed by atoms with Gasteiger partial charge in [-0.05, 0) is 66.8 Å². The lowest BCUT2D eigenvalue weighted by Gasteiger charge is -2.31. The summed E-state index contributed by atoms with van der Waals surface area (Å²) in [4.78, 5) is 30.6. The van der Waals surface area contributed by atoms with Gasteiger partial charge in [0.25, 0.3) is 5.91 Å². The third kappa shape index (κ3) is 6.78. The number of hydrogen-bond acceptors (Lipinski definition) is 4. The van der Waals surface area contributed by atoms with Crippen molar-refractivity contribution in [1.82, 2.24) is 4.90 Å². The van der Waals surface area contributed by atoms with E-state index in [1.54, 1.807) is 6.07 Å². The smallest absolute Gasteiger partial charge is 0.255 e. The lowest BCUT2D eigenvalue weighted by atomic mass is 9.94. The van der Waals surface area contributed by atoms with Crippen molar-refractivity contribution in [2.75, 3.05) is 37.5 Å². The van der Waals surface area contributed by atoms with Gasteiger partial charge in [-0.2, -0.15) is 0 Å². The lowest BCUT2D eigenvalue weighted by molar-refractivity contribution is -0.135. The van der Waals surface area contributed by atoms with Crippen molar-refractivity contribution in [2.45, 2.75) is 44.8 Å². The third-order valence-electron chi connectivity index (χ3n) is 6.94. The lowest BCUT2D eigenvalue weighted by Crippen LogP contribution is -2.40. The van der Waals surface area contributed by atoms with E-state index < -0.39 is 11.7 Å². The van der Waals surface area contributed by atoms with E-state index in [2.05, 4.69) is 5.32 Å². The summed E-state index contributed by atoms with van der Waals surface area (Å²) >= 11 is 0. The molecule has 7 heteroatoms. The van der Waals surface area contributed by atoms with E-state index >= 15 is 0 Å². The number of rotatable bonds is 10. The molecular formula is C31H36FN3O3. The van der Waals surface area contributed by atoms with Crippen LogP contribution in [0.15, 0.2) is 72.8 Å². The van der Waals surface area contributed by atoms with E-state index in [0.717, 1.165) is 29.7 Å². The Morgan fingerprint density at radius 3 is 2.50 bits per heavy atom. The number of amides is 2. The van der Waals surface area contributed by atoms with Crippen LogP contribution in [0.4, 0.5) is 15.8 Å². The topological polar surface area (TPSA) is 61.9 Å². The van der Waals surface area contributed by atoms with Crippen LogP contribution in [0, 0.1) is 5.82 Å². The van der Waals surface area contributed by atoms with Gasteiger partial charge in [-0.15, -0.1) is 0 Å². The summed E-state index contributed by atoms with van der Waals surface area (Å²) in [6, 6.07) is 21.1. The molecule has 3 aromatic carbocycles. The Balaban J connectivity index is 1.63. The molecule has 200 valence electrons. The molecule has 1 aliphatic rings. The number of benzene rings is 3. The Morgan fingerprint density at radius 2 is 1.84 bits per heavy atom. The van der Waals surface area contributed by atoms with Crippen molar-refractivity contribution in [3.63, 3.8) is 0 Å². The molecule has 0 aliphatic carbocycles. The highest BCUT2D eigenvalue weighted by atomic mass is 19.1.